The molecular formula is C23H32O2. The predicted molar refractivity (Wildman–Crippen MR) is 106 cm³/mol. The average Bonchev–Trinajstić information content (AvgIpc) is 2.58. The van der Waals surface area contributed by atoms with E-state index in [4.69, 9.17) is 0 Å². The molecule has 0 aromatic heterocycles. The van der Waals surface area contributed by atoms with Gasteiger partial charge in [0.2, 0.25) is 0 Å². The minimum Gasteiger partial charge on any atom is -0.507 e. The first-order valence-electron chi connectivity index (χ1n) is 9.59. The molecule has 0 bridgehead atoms. The van der Waals surface area contributed by atoms with Gasteiger partial charge in [-0.15, -0.1) is 0 Å². The second kappa shape index (κ2) is 8.94. The molecule has 0 saturated heterocycles. The summed E-state index contributed by atoms with van der Waals surface area (Å²) >= 11 is 0. The Labute approximate surface area is 152 Å². The molecule has 0 atom stereocenters. The fraction of sp³-hybridized carbons (Fsp3) is 0.478. The summed E-state index contributed by atoms with van der Waals surface area (Å²) < 4.78 is 0. The van der Waals surface area contributed by atoms with Gasteiger partial charge in [-0.25, -0.2) is 0 Å². The van der Waals surface area contributed by atoms with Crippen molar-refractivity contribution in [3.63, 3.8) is 0 Å². The first-order valence-corrected chi connectivity index (χ1v) is 9.59. The maximum Gasteiger partial charge on any atom is 0.122 e. The van der Waals surface area contributed by atoms with Crippen LogP contribution in [0.15, 0.2) is 24.3 Å². The van der Waals surface area contributed by atoms with Gasteiger partial charge in [-0.2, -0.15) is 0 Å². The minimum atomic E-state index is 0.398. The zero-order valence-electron chi connectivity index (χ0n) is 16.2. The van der Waals surface area contributed by atoms with Crippen LogP contribution >= 0.6 is 0 Å². The number of phenols is 2. The third-order valence-electron chi connectivity index (χ3n) is 4.80. The molecule has 2 aromatic rings. The highest BCUT2D eigenvalue weighted by Gasteiger charge is 2.14. The van der Waals surface area contributed by atoms with Crippen molar-refractivity contribution in [2.45, 2.75) is 72.6 Å². The molecule has 25 heavy (non-hydrogen) atoms. The molecule has 2 rings (SSSR count). The first kappa shape index (κ1) is 19.4. The smallest absolute Gasteiger partial charge is 0.122 e. The van der Waals surface area contributed by atoms with Crippen LogP contribution < -0.4 is 0 Å². The lowest BCUT2D eigenvalue weighted by atomic mass is 9.93. The number of benzene rings is 2. The Morgan fingerprint density at radius 2 is 1.00 bits per heavy atom. The second-order valence-electron chi connectivity index (χ2n) is 7.25. The molecule has 136 valence electrons. The van der Waals surface area contributed by atoms with Crippen LogP contribution in [0.4, 0.5) is 0 Å². The van der Waals surface area contributed by atoms with E-state index in [9.17, 15) is 10.2 Å². The summed E-state index contributed by atoms with van der Waals surface area (Å²) in [5, 5.41) is 21.4. The molecule has 0 fully saturated rings. The average molecular weight is 341 g/mol. The Bertz CT molecular complexity index is 655. The largest absolute Gasteiger partial charge is 0.507 e. The van der Waals surface area contributed by atoms with E-state index in [0.29, 0.717) is 17.9 Å². The molecule has 2 heteroatoms. The van der Waals surface area contributed by atoms with Gasteiger partial charge in [0.25, 0.3) is 0 Å². The van der Waals surface area contributed by atoms with Crippen molar-refractivity contribution in [2.24, 2.45) is 0 Å². The molecule has 2 N–H and O–H groups in total. The highest BCUT2D eigenvalue weighted by Crippen LogP contribution is 2.33. The zero-order valence-corrected chi connectivity index (χ0v) is 16.2. The summed E-state index contributed by atoms with van der Waals surface area (Å²) in [5.41, 5.74) is 6.20. The Balaban J connectivity index is 2.36. The fourth-order valence-corrected chi connectivity index (χ4v) is 3.46. The molecule has 0 aliphatic carbocycles. The number of phenolic OH excluding ortho intramolecular Hbond substituents is 2. The molecule has 2 nitrogen and oxygen atoms in total. The lowest BCUT2D eigenvalue weighted by Crippen LogP contribution is -1.98. The minimum absolute atomic E-state index is 0.398. The lowest BCUT2D eigenvalue weighted by molar-refractivity contribution is 0.454. The number of hydrogen-bond acceptors (Lipinski definition) is 2. The molecule has 0 heterocycles. The molecule has 0 aliphatic heterocycles. The molecule has 0 spiro atoms. The molecule has 0 amide bonds. The fourth-order valence-electron chi connectivity index (χ4n) is 3.46. The number of aromatic hydroxyl groups is 2. The van der Waals surface area contributed by atoms with E-state index in [1.54, 1.807) is 0 Å². The Morgan fingerprint density at radius 3 is 1.36 bits per heavy atom. The number of hydrogen-bond donors (Lipinski definition) is 2. The van der Waals surface area contributed by atoms with E-state index in [1.165, 1.54) is 0 Å². The summed E-state index contributed by atoms with van der Waals surface area (Å²) in [7, 11) is 0. The van der Waals surface area contributed by atoms with Crippen LogP contribution in [-0.2, 0) is 19.3 Å². The normalized spacial score (nSPS) is 11.0. The van der Waals surface area contributed by atoms with E-state index < -0.39 is 0 Å². The summed E-state index contributed by atoms with van der Waals surface area (Å²) in [6, 6.07) is 8.24. The number of aryl methyl sites for hydroxylation is 4. The molecule has 0 saturated carbocycles. The molecule has 2 aromatic carbocycles. The molecular weight excluding hydrogens is 308 g/mol. The van der Waals surface area contributed by atoms with Crippen LogP contribution in [0.25, 0.3) is 0 Å². The maximum absolute atomic E-state index is 10.7. The maximum atomic E-state index is 10.7. The van der Waals surface area contributed by atoms with Gasteiger partial charge in [-0.1, -0.05) is 62.1 Å². The standard InChI is InChI=1S/C23H32O2/c1-5-7-9-18-11-16(3)13-20(22(18)24)15-21-14-17(4)12-19(23(21)25)10-8-6-2/h11-14,24-25H,5-10,15H2,1-4H3. The monoisotopic (exact) mass is 340 g/mol. The number of rotatable bonds is 8. The SMILES string of the molecule is CCCCc1cc(C)cc(Cc2cc(C)cc(CCCC)c2O)c1O. The van der Waals surface area contributed by atoms with Crippen LogP contribution in [0.2, 0.25) is 0 Å². The van der Waals surface area contributed by atoms with E-state index in [0.717, 1.165) is 71.9 Å². The van der Waals surface area contributed by atoms with E-state index >= 15 is 0 Å². The summed E-state index contributed by atoms with van der Waals surface area (Å²) in [4.78, 5) is 0. The highest BCUT2D eigenvalue weighted by atomic mass is 16.3. The molecule has 0 unspecified atom stereocenters. The van der Waals surface area contributed by atoms with Crippen molar-refractivity contribution in [1.82, 2.24) is 0 Å². The van der Waals surface area contributed by atoms with Gasteiger partial charge in [-0.3, -0.25) is 0 Å². The topological polar surface area (TPSA) is 40.5 Å². The van der Waals surface area contributed by atoms with Crippen molar-refractivity contribution in [3.05, 3.63) is 57.6 Å². The van der Waals surface area contributed by atoms with E-state index in [-0.39, 0.29) is 0 Å². The van der Waals surface area contributed by atoms with Gasteiger partial charge >= 0.3 is 0 Å². The van der Waals surface area contributed by atoms with Crippen molar-refractivity contribution in [2.75, 3.05) is 0 Å². The third-order valence-corrected chi connectivity index (χ3v) is 4.80. The predicted octanol–water partition coefficient (Wildman–Crippen LogP) is 5.99. The van der Waals surface area contributed by atoms with Crippen molar-refractivity contribution in [3.8, 4) is 11.5 Å². The van der Waals surface area contributed by atoms with Crippen molar-refractivity contribution in [1.29, 1.82) is 0 Å². The van der Waals surface area contributed by atoms with Gasteiger partial charge in [-0.05, 0) is 61.8 Å². The lowest BCUT2D eigenvalue weighted by Gasteiger charge is -2.15. The van der Waals surface area contributed by atoms with Crippen molar-refractivity contribution < 1.29 is 10.2 Å². The van der Waals surface area contributed by atoms with E-state index in [1.807, 2.05) is 12.1 Å². The van der Waals surface area contributed by atoms with Gasteiger partial charge in [0.15, 0.2) is 0 Å². The van der Waals surface area contributed by atoms with Gasteiger partial charge in [0, 0.05) is 6.42 Å². The van der Waals surface area contributed by atoms with Crippen molar-refractivity contribution >= 4 is 0 Å². The van der Waals surface area contributed by atoms with Gasteiger partial charge < -0.3 is 10.2 Å². The zero-order chi connectivity index (χ0) is 18.4. The van der Waals surface area contributed by atoms with Crippen LogP contribution in [0.5, 0.6) is 11.5 Å². The summed E-state index contributed by atoms with van der Waals surface area (Å²) in [5.74, 6) is 0.796. The molecule has 0 aliphatic rings. The van der Waals surface area contributed by atoms with Crippen LogP contribution in [0.1, 0.15) is 72.9 Å². The summed E-state index contributed by atoms with van der Waals surface area (Å²) in [6.45, 7) is 8.47. The Kier molecular flexibility index (Phi) is 6.92. The third kappa shape index (κ3) is 5.01. The Morgan fingerprint density at radius 1 is 0.640 bits per heavy atom. The highest BCUT2D eigenvalue weighted by molar-refractivity contribution is 5.50. The van der Waals surface area contributed by atoms with Crippen LogP contribution in [0.3, 0.4) is 0 Å². The number of unbranched alkanes of at least 4 members (excludes halogenated alkanes) is 2. The van der Waals surface area contributed by atoms with Crippen LogP contribution in [0, 0.1) is 13.8 Å². The van der Waals surface area contributed by atoms with Gasteiger partial charge in [0.05, 0.1) is 0 Å². The van der Waals surface area contributed by atoms with E-state index in [2.05, 4.69) is 39.8 Å². The second-order valence-corrected chi connectivity index (χ2v) is 7.25. The van der Waals surface area contributed by atoms with Gasteiger partial charge in [0.1, 0.15) is 11.5 Å². The van der Waals surface area contributed by atoms with Crippen LogP contribution in [-0.4, -0.2) is 10.2 Å². The quantitative estimate of drug-likeness (QED) is 0.619. The first-order chi connectivity index (χ1) is 12.0. The molecule has 0 radical (unpaired) electrons. The summed E-state index contributed by atoms with van der Waals surface area (Å²) in [6.07, 6.45) is 6.75. The Hall–Kier alpha value is -1.96.